The molecule has 0 aliphatic rings. The van der Waals surface area contributed by atoms with E-state index in [-0.39, 0.29) is 18.0 Å². The maximum Gasteiger partial charge on any atom is 0.263 e. The SMILES string of the molecule is CCN(CC)Cc1nc2sc(C)c(C)c2c(=O)n1CC(=O)NCC(C)C. The Balaban J connectivity index is 2.48. The van der Waals surface area contributed by atoms with Gasteiger partial charge < -0.3 is 5.32 Å². The quantitative estimate of drug-likeness (QED) is 0.767. The number of nitrogens with one attached hydrogen (secondary N) is 1. The molecule has 2 heterocycles. The fraction of sp³-hybridized carbons (Fsp3) is 0.632. The fourth-order valence-corrected chi connectivity index (χ4v) is 3.86. The molecule has 0 saturated carbocycles. The summed E-state index contributed by atoms with van der Waals surface area (Å²) >= 11 is 1.55. The molecule has 26 heavy (non-hydrogen) atoms. The van der Waals surface area contributed by atoms with E-state index in [2.05, 4.69) is 24.1 Å². The zero-order valence-electron chi connectivity index (χ0n) is 16.7. The second-order valence-corrected chi connectivity index (χ2v) is 8.25. The van der Waals surface area contributed by atoms with Crippen LogP contribution in [0.1, 0.15) is 44.0 Å². The molecule has 0 bridgehead atoms. The summed E-state index contributed by atoms with van der Waals surface area (Å²) in [5.74, 6) is 0.882. The minimum Gasteiger partial charge on any atom is -0.354 e. The number of fused-ring (bicyclic) bond motifs is 1. The molecule has 144 valence electrons. The van der Waals surface area contributed by atoms with Gasteiger partial charge in [0.1, 0.15) is 17.2 Å². The second-order valence-electron chi connectivity index (χ2n) is 7.04. The maximum absolute atomic E-state index is 13.1. The highest BCUT2D eigenvalue weighted by molar-refractivity contribution is 7.18. The van der Waals surface area contributed by atoms with Crippen molar-refractivity contribution in [3.8, 4) is 0 Å². The van der Waals surface area contributed by atoms with Crippen molar-refractivity contribution >= 4 is 27.5 Å². The minimum absolute atomic E-state index is 0.0133. The summed E-state index contributed by atoms with van der Waals surface area (Å²) < 4.78 is 1.55. The van der Waals surface area contributed by atoms with Gasteiger partial charge in [-0.05, 0) is 38.4 Å². The Kier molecular flexibility index (Phi) is 6.94. The number of thiophene rings is 1. The van der Waals surface area contributed by atoms with Gasteiger partial charge >= 0.3 is 0 Å². The summed E-state index contributed by atoms with van der Waals surface area (Å²) in [6.45, 7) is 15.1. The van der Waals surface area contributed by atoms with Crippen LogP contribution in [0.3, 0.4) is 0 Å². The number of hydrogen-bond donors (Lipinski definition) is 1. The average Bonchev–Trinajstić information content (AvgIpc) is 2.88. The van der Waals surface area contributed by atoms with Crippen LogP contribution in [-0.4, -0.2) is 40.0 Å². The van der Waals surface area contributed by atoms with Crippen molar-refractivity contribution in [3.63, 3.8) is 0 Å². The lowest BCUT2D eigenvalue weighted by atomic mass is 10.2. The Morgan fingerprint density at radius 1 is 1.27 bits per heavy atom. The second kappa shape index (κ2) is 8.77. The number of aryl methyl sites for hydroxylation is 2. The Labute approximate surface area is 159 Å². The third kappa shape index (κ3) is 4.51. The van der Waals surface area contributed by atoms with E-state index in [1.807, 2.05) is 27.7 Å². The number of rotatable bonds is 8. The van der Waals surface area contributed by atoms with Gasteiger partial charge in [-0.15, -0.1) is 11.3 Å². The van der Waals surface area contributed by atoms with Crippen LogP contribution >= 0.6 is 11.3 Å². The summed E-state index contributed by atoms with van der Waals surface area (Å²) in [5.41, 5.74) is 0.854. The Hall–Kier alpha value is -1.73. The molecule has 7 heteroatoms. The van der Waals surface area contributed by atoms with Gasteiger partial charge in [0.05, 0.1) is 11.9 Å². The third-order valence-electron chi connectivity index (χ3n) is 4.64. The van der Waals surface area contributed by atoms with Crippen molar-refractivity contribution < 1.29 is 4.79 Å². The van der Waals surface area contributed by atoms with Gasteiger partial charge in [-0.3, -0.25) is 19.1 Å². The van der Waals surface area contributed by atoms with Crippen LogP contribution < -0.4 is 10.9 Å². The van der Waals surface area contributed by atoms with Crippen molar-refractivity contribution in [3.05, 3.63) is 26.6 Å². The average molecular weight is 379 g/mol. The van der Waals surface area contributed by atoms with E-state index in [1.54, 1.807) is 15.9 Å². The number of aromatic nitrogens is 2. The molecule has 0 atom stereocenters. The van der Waals surface area contributed by atoms with Crippen LogP contribution in [0, 0.1) is 19.8 Å². The van der Waals surface area contributed by atoms with Crippen LogP contribution in [0.4, 0.5) is 0 Å². The minimum atomic E-state index is -0.146. The normalized spacial score (nSPS) is 11.7. The molecule has 2 rings (SSSR count). The first-order valence-corrected chi connectivity index (χ1v) is 10.1. The van der Waals surface area contributed by atoms with Gasteiger partial charge in [0.2, 0.25) is 5.91 Å². The molecule has 0 aromatic carbocycles. The van der Waals surface area contributed by atoms with E-state index in [4.69, 9.17) is 4.98 Å². The van der Waals surface area contributed by atoms with Gasteiger partial charge in [-0.25, -0.2) is 4.98 Å². The number of carbonyl (C=O) groups is 1. The topological polar surface area (TPSA) is 67.2 Å². The summed E-state index contributed by atoms with van der Waals surface area (Å²) in [6.07, 6.45) is 0. The predicted octanol–water partition coefficient (Wildman–Crippen LogP) is 2.69. The molecule has 0 spiro atoms. The first kappa shape index (κ1) is 20.6. The lowest BCUT2D eigenvalue weighted by Crippen LogP contribution is -2.37. The molecule has 2 aromatic rings. The highest BCUT2D eigenvalue weighted by Crippen LogP contribution is 2.26. The molecule has 1 amide bonds. The van der Waals surface area contributed by atoms with E-state index in [1.165, 1.54) is 0 Å². The smallest absolute Gasteiger partial charge is 0.263 e. The van der Waals surface area contributed by atoms with Gasteiger partial charge in [-0.1, -0.05) is 27.7 Å². The molecular weight excluding hydrogens is 348 g/mol. The Morgan fingerprint density at radius 2 is 1.92 bits per heavy atom. The van der Waals surface area contributed by atoms with E-state index < -0.39 is 0 Å². The first-order chi connectivity index (χ1) is 12.3. The summed E-state index contributed by atoms with van der Waals surface area (Å²) in [5, 5.41) is 3.54. The molecule has 0 radical (unpaired) electrons. The van der Waals surface area contributed by atoms with Crippen LogP contribution in [0.2, 0.25) is 0 Å². The molecule has 0 aliphatic carbocycles. The van der Waals surface area contributed by atoms with Gasteiger partial charge in [0.15, 0.2) is 0 Å². The number of amides is 1. The summed E-state index contributed by atoms with van der Waals surface area (Å²) in [4.78, 5) is 34.3. The maximum atomic E-state index is 13.1. The number of nitrogens with zero attached hydrogens (tertiary/aromatic N) is 3. The first-order valence-electron chi connectivity index (χ1n) is 9.26. The zero-order chi connectivity index (χ0) is 19.4. The molecule has 1 N–H and O–H groups in total. The van der Waals surface area contributed by atoms with E-state index in [0.717, 1.165) is 28.4 Å². The lowest BCUT2D eigenvalue weighted by Gasteiger charge is -2.20. The molecule has 0 fully saturated rings. The summed E-state index contributed by atoms with van der Waals surface area (Å²) in [7, 11) is 0. The van der Waals surface area contributed by atoms with E-state index in [0.29, 0.717) is 30.2 Å². The predicted molar refractivity (Wildman–Crippen MR) is 108 cm³/mol. The van der Waals surface area contributed by atoms with Gasteiger partial charge in [0.25, 0.3) is 5.56 Å². The van der Waals surface area contributed by atoms with Gasteiger partial charge in [0, 0.05) is 11.4 Å². The largest absolute Gasteiger partial charge is 0.354 e. The molecular formula is C19H30N4O2S. The monoisotopic (exact) mass is 378 g/mol. The van der Waals surface area contributed by atoms with Crippen molar-refractivity contribution in [1.82, 2.24) is 19.8 Å². The van der Waals surface area contributed by atoms with E-state index in [9.17, 15) is 9.59 Å². The van der Waals surface area contributed by atoms with Crippen LogP contribution in [0.5, 0.6) is 0 Å². The van der Waals surface area contributed by atoms with Crippen molar-refractivity contribution in [2.24, 2.45) is 5.92 Å². The van der Waals surface area contributed by atoms with Crippen molar-refractivity contribution in [2.75, 3.05) is 19.6 Å². The molecule has 6 nitrogen and oxygen atoms in total. The standard InChI is InChI=1S/C19H30N4O2S/c1-7-22(8-2)10-15-21-18-17(13(5)14(6)26-18)19(25)23(15)11-16(24)20-9-12(3)4/h12H,7-11H2,1-6H3,(H,20,24). The fourth-order valence-electron chi connectivity index (χ4n) is 2.82. The van der Waals surface area contributed by atoms with Crippen molar-refractivity contribution in [2.45, 2.75) is 54.6 Å². The molecule has 2 aromatic heterocycles. The van der Waals surface area contributed by atoms with E-state index >= 15 is 0 Å². The Morgan fingerprint density at radius 3 is 2.50 bits per heavy atom. The zero-order valence-corrected chi connectivity index (χ0v) is 17.5. The molecule has 0 aliphatic heterocycles. The third-order valence-corrected chi connectivity index (χ3v) is 5.74. The van der Waals surface area contributed by atoms with Crippen molar-refractivity contribution in [1.29, 1.82) is 0 Å². The highest BCUT2D eigenvalue weighted by Gasteiger charge is 2.19. The Bertz CT molecular complexity index is 834. The number of hydrogen-bond acceptors (Lipinski definition) is 5. The van der Waals surface area contributed by atoms with Crippen LogP contribution in [-0.2, 0) is 17.9 Å². The summed E-state index contributed by atoms with van der Waals surface area (Å²) in [6, 6.07) is 0. The highest BCUT2D eigenvalue weighted by atomic mass is 32.1. The molecule has 0 saturated heterocycles. The lowest BCUT2D eigenvalue weighted by molar-refractivity contribution is -0.121. The number of carbonyl (C=O) groups excluding carboxylic acids is 1. The van der Waals surface area contributed by atoms with Gasteiger partial charge in [-0.2, -0.15) is 0 Å². The molecule has 0 unspecified atom stereocenters. The van der Waals surface area contributed by atoms with Crippen LogP contribution in [0.15, 0.2) is 4.79 Å². The van der Waals surface area contributed by atoms with Crippen LogP contribution in [0.25, 0.3) is 10.2 Å².